The maximum absolute atomic E-state index is 2.45. The van der Waals surface area contributed by atoms with Gasteiger partial charge in [-0.3, -0.25) is 0 Å². The Bertz CT molecular complexity index is 2160. The molecule has 8 aromatic rings. The Morgan fingerprint density at radius 2 is 0.923 bits per heavy atom. The molecule has 0 radical (unpaired) electrons. The Balaban J connectivity index is 1.52. The van der Waals surface area contributed by atoms with E-state index in [0.717, 1.165) is 5.69 Å². The van der Waals surface area contributed by atoms with Crippen LogP contribution in [-0.2, 0) is 0 Å². The lowest BCUT2D eigenvalue weighted by atomic mass is 10.1. The van der Waals surface area contributed by atoms with Crippen molar-refractivity contribution in [2.24, 2.45) is 0 Å². The number of benzene rings is 6. The third-order valence-electron chi connectivity index (χ3n) is 7.96. The zero-order chi connectivity index (χ0) is 25.9. The van der Waals surface area contributed by atoms with Crippen molar-refractivity contribution >= 4 is 43.6 Å². The van der Waals surface area contributed by atoms with E-state index in [4.69, 9.17) is 0 Å². The van der Waals surface area contributed by atoms with E-state index in [0.29, 0.717) is 0 Å². The highest BCUT2D eigenvalue weighted by molar-refractivity contribution is 6.23. The van der Waals surface area contributed by atoms with E-state index in [2.05, 4.69) is 156 Å². The van der Waals surface area contributed by atoms with E-state index in [-0.39, 0.29) is 0 Å². The third-order valence-corrected chi connectivity index (χ3v) is 7.96. The molecule has 0 saturated carbocycles. The van der Waals surface area contributed by atoms with Crippen molar-refractivity contribution in [2.75, 3.05) is 0 Å². The summed E-state index contributed by atoms with van der Waals surface area (Å²) in [5, 5.41) is 5.07. The second-order valence-corrected chi connectivity index (χ2v) is 10.3. The fraction of sp³-hybridized carbons (Fsp3) is 0.0270. The lowest BCUT2D eigenvalue weighted by Crippen LogP contribution is -1.99. The van der Waals surface area contributed by atoms with E-state index in [1.165, 1.54) is 66.0 Å². The monoisotopic (exact) mass is 498 g/mol. The normalized spacial score (nSPS) is 11.7. The molecule has 2 heterocycles. The highest BCUT2D eigenvalue weighted by Crippen LogP contribution is 2.41. The summed E-state index contributed by atoms with van der Waals surface area (Å²) in [6.07, 6.45) is 0. The first-order chi connectivity index (χ1) is 19.3. The molecule has 6 aromatic carbocycles. The fourth-order valence-electron chi connectivity index (χ4n) is 6.24. The van der Waals surface area contributed by atoms with E-state index >= 15 is 0 Å². The van der Waals surface area contributed by atoms with Gasteiger partial charge in [0, 0.05) is 32.9 Å². The molecule has 39 heavy (non-hydrogen) atoms. The van der Waals surface area contributed by atoms with Crippen molar-refractivity contribution in [1.29, 1.82) is 0 Å². The van der Waals surface area contributed by atoms with Gasteiger partial charge in [0.25, 0.3) is 0 Å². The maximum atomic E-state index is 2.45. The summed E-state index contributed by atoms with van der Waals surface area (Å²) >= 11 is 0. The van der Waals surface area contributed by atoms with Gasteiger partial charge in [-0.15, -0.1) is 0 Å². The van der Waals surface area contributed by atoms with Gasteiger partial charge in [-0.05, 0) is 60.0 Å². The molecule has 0 aliphatic rings. The highest BCUT2D eigenvalue weighted by Gasteiger charge is 2.20. The summed E-state index contributed by atoms with van der Waals surface area (Å²) in [7, 11) is 0. The van der Waals surface area contributed by atoms with Crippen molar-refractivity contribution in [1.82, 2.24) is 9.13 Å². The van der Waals surface area contributed by atoms with Gasteiger partial charge in [0.1, 0.15) is 0 Å². The van der Waals surface area contributed by atoms with Crippen molar-refractivity contribution in [3.63, 3.8) is 0 Å². The minimum atomic E-state index is 1.16. The van der Waals surface area contributed by atoms with E-state index in [9.17, 15) is 0 Å². The van der Waals surface area contributed by atoms with Gasteiger partial charge >= 0.3 is 0 Å². The largest absolute Gasteiger partial charge is 0.307 e. The summed E-state index contributed by atoms with van der Waals surface area (Å²) in [4.78, 5) is 0. The van der Waals surface area contributed by atoms with E-state index < -0.39 is 0 Å². The summed E-state index contributed by atoms with van der Waals surface area (Å²) < 4.78 is 4.90. The van der Waals surface area contributed by atoms with E-state index in [1.54, 1.807) is 0 Å². The molecule has 8 rings (SSSR count). The van der Waals surface area contributed by atoms with Crippen LogP contribution in [0.5, 0.6) is 0 Å². The molecule has 0 N–H and O–H groups in total. The predicted molar refractivity (Wildman–Crippen MR) is 165 cm³/mol. The average Bonchev–Trinajstić information content (AvgIpc) is 3.51. The van der Waals surface area contributed by atoms with Crippen LogP contribution in [0.15, 0.2) is 140 Å². The fourth-order valence-corrected chi connectivity index (χ4v) is 6.24. The molecule has 0 amide bonds. The van der Waals surface area contributed by atoms with Gasteiger partial charge in [0.05, 0.1) is 22.1 Å². The molecule has 2 heteroatoms. The Labute approximate surface area is 227 Å². The Morgan fingerprint density at radius 1 is 0.385 bits per heavy atom. The second kappa shape index (κ2) is 8.47. The Hall–Kier alpha value is -5.08. The first-order valence-electron chi connectivity index (χ1n) is 13.5. The van der Waals surface area contributed by atoms with Gasteiger partial charge in [0.2, 0.25) is 0 Å². The second-order valence-electron chi connectivity index (χ2n) is 10.3. The zero-order valence-corrected chi connectivity index (χ0v) is 21.7. The van der Waals surface area contributed by atoms with Crippen molar-refractivity contribution in [3.05, 3.63) is 145 Å². The molecule has 184 valence electrons. The van der Waals surface area contributed by atoms with Gasteiger partial charge < -0.3 is 9.13 Å². The molecule has 0 atom stereocenters. The first-order valence-corrected chi connectivity index (χ1v) is 13.5. The molecular weight excluding hydrogens is 472 g/mol. The van der Waals surface area contributed by atoms with Crippen LogP contribution in [0.25, 0.3) is 66.1 Å². The zero-order valence-electron chi connectivity index (χ0n) is 21.7. The lowest BCUT2D eigenvalue weighted by Gasteiger charge is -2.13. The molecule has 2 nitrogen and oxygen atoms in total. The topological polar surface area (TPSA) is 9.86 Å². The minimum Gasteiger partial charge on any atom is -0.307 e. The number of hydrogen-bond donors (Lipinski definition) is 0. The first kappa shape index (κ1) is 22.0. The number of aromatic nitrogens is 2. The van der Waals surface area contributed by atoms with Crippen LogP contribution in [0.4, 0.5) is 0 Å². The number of rotatable bonds is 3. The van der Waals surface area contributed by atoms with Crippen LogP contribution < -0.4 is 0 Å². The number of fused-ring (bicyclic) bond motifs is 7. The number of para-hydroxylation sites is 2. The molecule has 2 aromatic heterocycles. The van der Waals surface area contributed by atoms with Crippen molar-refractivity contribution in [3.8, 4) is 22.5 Å². The molecule has 0 spiro atoms. The van der Waals surface area contributed by atoms with Crippen molar-refractivity contribution in [2.45, 2.75) is 6.92 Å². The third kappa shape index (κ3) is 3.28. The quantitative estimate of drug-likeness (QED) is 0.229. The van der Waals surface area contributed by atoms with Gasteiger partial charge in [-0.1, -0.05) is 103 Å². The SMILES string of the molecule is Cc1cccc(-n2c3ccccc3c3ccc4c5ccccc5n(-c5ccc(-c6ccccc6)cc5)c4c32)c1. The van der Waals surface area contributed by atoms with E-state index in [1.807, 2.05) is 0 Å². The maximum Gasteiger partial charge on any atom is 0.0788 e. The van der Waals surface area contributed by atoms with Crippen LogP contribution in [-0.4, -0.2) is 9.13 Å². The lowest BCUT2D eigenvalue weighted by molar-refractivity contribution is 1.14. The molecule has 0 aliphatic carbocycles. The van der Waals surface area contributed by atoms with Crippen molar-refractivity contribution < 1.29 is 0 Å². The van der Waals surface area contributed by atoms with Crippen LogP contribution >= 0.6 is 0 Å². The summed E-state index contributed by atoms with van der Waals surface area (Å²) in [5.41, 5.74) is 11.0. The van der Waals surface area contributed by atoms with Gasteiger partial charge in [-0.25, -0.2) is 0 Å². The Kier molecular flexibility index (Phi) is 4.77. The van der Waals surface area contributed by atoms with Crippen LogP contribution in [0.3, 0.4) is 0 Å². The Morgan fingerprint density at radius 3 is 1.54 bits per heavy atom. The van der Waals surface area contributed by atoms with Gasteiger partial charge in [-0.2, -0.15) is 0 Å². The van der Waals surface area contributed by atoms with Gasteiger partial charge in [0.15, 0.2) is 0 Å². The average molecular weight is 499 g/mol. The minimum absolute atomic E-state index is 1.16. The van der Waals surface area contributed by atoms with Crippen LogP contribution in [0, 0.1) is 6.92 Å². The van der Waals surface area contributed by atoms with Crippen LogP contribution in [0.2, 0.25) is 0 Å². The molecule has 0 saturated heterocycles. The molecule has 0 bridgehead atoms. The summed E-state index contributed by atoms with van der Waals surface area (Å²) in [5.74, 6) is 0. The number of nitrogens with zero attached hydrogens (tertiary/aromatic N) is 2. The smallest absolute Gasteiger partial charge is 0.0788 e. The predicted octanol–water partition coefficient (Wildman–Crippen LogP) is 9.86. The molecule has 0 fully saturated rings. The standard InChI is InChI=1S/C37H26N2/c1-25-10-9-13-29(24-25)39-35-17-8-6-15-31(35)33-23-22-32-30-14-5-7-16-34(30)38(36(32)37(33)39)28-20-18-27(19-21-28)26-11-3-2-4-12-26/h2-24H,1H3. The summed E-state index contributed by atoms with van der Waals surface area (Å²) in [6, 6.07) is 50.6. The van der Waals surface area contributed by atoms with Crippen LogP contribution in [0.1, 0.15) is 5.56 Å². The number of aryl methyl sites for hydroxylation is 1. The molecular formula is C37H26N2. The summed E-state index contributed by atoms with van der Waals surface area (Å²) in [6.45, 7) is 2.16. The number of hydrogen-bond acceptors (Lipinski definition) is 0. The highest BCUT2D eigenvalue weighted by atomic mass is 15.0. The molecule has 0 unspecified atom stereocenters. The molecule has 0 aliphatic heterocycles.